The highest BCUT2D eigenvalue weighted by Gasteiger charge is 2.35. The second-order valence-corrected chi connectivity index (χ2v) is 7.80. The van der Waals surface area contributed by atoms with E-state index in [1.807, 2.05) is 11.8 Å². The Morgan fingerprint density at radius 3 is 2.73 bits per heavy atom. The maximum atomic E-state index is 13.0. The van der Waals surface area contributed by atoms with E-state index in [9.17, 15) is 14.4 Å². The summed E-state index contributed by atoms with van der Waals surface area (Å²) in [5.41, 5.74) is 0. The molecule has 7 nitrogen and oxygen atoms in total. The zero-order valence-corrected chi connectivity index (χ0v) is 15.8. The van der Waals surface area contributed by atoms with Crippen LogP contribution in [0.4, 0.5) is 0 Å². The van der Waals surface area contributed by atoms with Crippen molar-refractivity contribution < 1.29 is 14.4 Å². The summed E-state index contributed by atoms with van der Waals surface area (Å²) in [7, 11) is 0. The predicted octanol–water partition coefficient (Wildman–Crippen LogP) is 0.494. The fourth-order valence-corrected chi connectivity index (χ4v) is 4.45. The average Bonchev–Trinajstić information content (AvgIpc) is 3.33. The van der Waals surface area contributed by atoms with Gasteiger partial charge in [0.2, 0.25) is 17.7 Å². The van der Waals surface area contributed by atoms with Crippen molar-refractivity contribution >= 4 is 17.7 Å². The Labute approximate surface area is 155 Å². The number of rotatable bonds is 6. The van der Waals surface area contributed by atoms with Crippen LogP contribution in [-0.4, -0.2) is 72.3 Å². The smallest absolute Gasteiger partial charge is 0.245 e. The molecular formula is C19H32N4O3. The molecule has 3 heterocycles. The highest BCUT2D eigenvalue weighted by atomic mass is 16.2. The van der Waals surface area contributed by atoms with Gasteiger partial charge in [-0.05, 0) is 51.0 Å². The van der Waals surface area contributed by atoms with Gasteiger partial charge >= 0.3 is 0 Å². The number of nitrogens with zero attached hydrogens (tertiary/aromatic N) is 2. The molecule has 0 radical (unpaired) electrons. The van der Waals surface area contributed by atoms with E-state index >= 15 is 0 Å². The Hall–Kier alpha value is -1.63. The molecule has 3 aliphatic heterocycles. The second kappa shape index (κ2) is 8.84. The third-order valence-corrected chi connectivity index (χ3v) is 5.93. The lowest BCUT2D eigenvalue weighted by atomic mass is 9.96. The van der Waals surface area contributed by atoms with Crippen LogP contribution in [0.15, 0.2) is 0 Å². The Morgan fingerprint density at radius 2 is 2.08 bits per heavy atom. The van der Waals surface area contributed by atoms with Crippen LogP contribution in [0.2, 0.25) is 0 Å². The molecule has 0 aromatic rings. The molecule has 0 aromatic heterocycles. The maximum absolute atomic E-state index is 13.0. The first-order valence-corrected chi connectivity index (χ1v) is 10.2. The second-order valence-electron chi connectivity index (χ2n) is 7.80. The molecule has 3 atom stereocenters. The molecule has 0 spiro atoms. The van der Waals surface area contributed by atoms with E-state index in [2.05, 4.69) is 10.6 Å². The fraction of sp³-hybridized carbons (Fsp3) is 0.842. The molecular weight excluding hydrogens is 332 g/mol. The summed E-state index contributed by atoms with van der Waals surface area (Å²) < 4.78 is 0. The molecule has 0 saturated carbocycles. The maximum Gasteiger partial charge on any atom is 0.245 e. The van der Waals surface area contributed by atoms with Crippen molar-refractivity contribution in [3.63, 3.8) is 0 Å². The van der Waals surface area contributed by atoms with E-state index in [-0.39, 0.29) is 29.8 Å². The van der Waals surface area contributed by atoms with Gasteiger partial charge in [0.25, 0.3) is 0 Å². The van der Waals surface area contributed by atoms with Crippen LogP contribution in [0.1, 0.15) is 51.9 Å². The molecule has 2 N–H and O–H groups in total. The van der Waals surface area contributed by atoms with Gasteiger partial charge in [0.15, 0.2) is 0 Å². The molecule has 0 bridgehead atoms. The number of carbonyl (C=O) groups excluding carboxylic acids is 3. The monoisotopic (exact) mass is 364 g/mol. The van der Waals surface area contributed by atoms with Gasteiger partial charge in [-0.25, -0.2) is 0 Å². The van der Waals surface area contributed by atoms with Crippen molar-refractivity contribution in [2.45, 2.75) is 64.0 Å². The number of carbonyl (C=O) groups is 3. The molecule has 0 aromatic carbocycles. The van der Waals surface area contributed by atoms with Crippen molar-refractivity contribution in [2.75, 3.05) is 32.7 Å². The number of likely N-dealkylation sites (tertiary alicyclic amines) is 2. The molecule has 26 heavy (non-hydrogen) atoms. The first-order valence-electron chi connectivity index (χ1n) is 10.2. The quantitative estimate of drug-likeness (QED) is 0.719. The third-order valence-electron chi connectivity index (χ3n) is 5.93. The van der Waals surface area contributed by atoms with Crippen LogP contribution >= 0.6 is 0 Å². The number of hydrogen-bond donors (Lipinski definition) is 2. The van der Waals surface area contributed by atoms with E-state index in [1.54, 1.807) is 4.90 Å². The van der Waals surface area contributed by atoms with Crippen molar-refractivity contribution in [3.8, 4) is 0 Å². The van der Waals surface area contributed by atoms with Gasteiger partial charge in [0, 0.05) is 32.6 Å². The molecule has 3 fully saturated rings. The topological polar surface area (TPSA) is 81.8 Å². The summed E-state index contributed by atoms with van der Waals surface area (Å²) >= 11 is 0. The average molecular weight is 364 g/mol. The van der Waals surface area contributed by atoms with Gasteiger partial charge in [0.1, 0.15) is 6.04 Å². The molecule has 3 saturated heterocycles. The van der Waals surface area contributed by atoms with E-state index in [1.165, 1.54) is 0 Å². The molecule has 3 rings (SSSR count). The minimum atomic E-state index is -0.318. The van der Waals surface area contributed by atoms with Crippen LogP contribution in [0, 0.1) is 5.92 Å². The van der Waals surface area contributed by atoms with Gasteiger partial charge < -0.3 is 20.4 Å². The lowest BCUT2D eigenvalue weighted by Gasteiger charge is -2.37. The molecule has 0 aliphatic carbocycles. The standard InChI is InChI=1S/C19H32N4O3/c1-2-16(23-11-5-8-17(23)24)19(26)22-10-4-6-14(13-22)12-21-18(25)15-7-3-9-20-15/h14-16,20H,2-13H2,1H3,(H,21,25). The van der Waals surface area contributed by atoms with Gasteiger partial charge in [-0.2, -0.15) is 0 Å². The van der Waals surface area contributed by atoms with Crippen molar-refractivity contribution in [2.24, 2.45) is 5.92 Å². The Bertz CT molecular complexity index is 533. The summed E-state index contributed by atoms with van der Waals surface area (Å²) in [5.74, 6) is 0.566. The number of piperidine rings is 1. The van der Waals surface area contributed by atoms with Gasteiger partial charge in [-0.1, -0.05) is 6.92 Å². The van der Waals surface area contributed by atoms with E-state index in [4.69, 9.17) is 0 Å². The van der Waals surface area contributed by atoms with E-state index < -0.39 is 0 Å². The Balaban J connectivity index is 1.51. The zero-order chi connectivity index (χ0) is 18.5. The van der Waals surface area contributed by atoms with Crippen LogP contribution in [0.25, 0.3) is 0 Å². The first-order chi connectivity index (χ1) is 12.6. The van der Waals surface area contributed by atoms with E-state index in [0.717, 1.165) is 45.2 Å². The SMILES string of the molecule is CCC(C(=O)N1CCCC(CNC(=O)C2CCCN2)C1)N1CCCC1=O. The van der Waals surface area contributed by atoms with Crippen LogP contribution in [0.5, 0.6) is 0 Å². The van der Waals surface area contributed by atoms with Crippen LogP contribution in [0.3, 0.4) is 0 Å². The minimum Gasteiger partial charge on any atom is -0.354 e. The van der Waals surface area contributed by atoms with E-state index in [0.29, 0.717) is 38.4 Å². The Kier molecular flexibility index (Phi) is 6.51. The number of amides is 3. The number of hydrogen-bond acceptors (Lipinski definition) is 4. The molecule has 146 valence electrons. The van der Waals surface area contributed by atoms with Gasteiger partial charge in [-0.3, -0.25) is 14.4 Å². The summed E-state index contributed by atoms with van der Waals surface area (Å²) in [5, 5.41) is 6.27. The normalized spacial score (nSPS) is 27.7. The molecule has 7 heteroatoms. The lowest BCUT2D eigenvalue weighted by Crippen LogP contribution is -2.53. The first kappa shape index (κ1) is 19.1. The fourth-order valence-electron chi connectivity index (χ4n) is 4.45. The zero-order valence-electron chi connectivity index (χ0n) is 15.8. The van der Waals surface area contributed by atoms with Crippen molar-refractivity contribution in [1.29, 1.82) is 0 Å². The summed E-state index contributed by atoms with van der Waals surface area (Å²) in [6.07, 6.45) is 6.02. The third kappa shape index (κ3) is 4.37. The van der Waals surface area contributed by atoms with Gasteiger partial charge in [-0.15, -0.1) is 0 Å². The lowest BCUT2D eigenvalue weighted by molar-refractivity contribution is -0.145. The molecule has 3 amide bonds. The van der Waals surface area contributed by atoms with Crippen molar-refractivity contribution in [3.05, 3.63) is 0 Å². The predicted molar refractivity (Wildman–Crippen MR) is 98.4 cm³/mol. The van der Waals surface area contributed by atoms with Crippen LogP contribution < -0.4 is 10.6 Å². The van der Waals surface area contributed by atoms with Crippen molar-refractivity contribution in [1.82, 2.24) is 20.4 Å². The highest BCUT2D eigenvalue weighted by Crippen LogP contribution is 2.22. The summed E-state index contributed by atoms with van der Waals surface area (Å²) in [6.45, 7) is 5.65. The number of nitrogens with one attached hydrogen (secondary N) is 2. The largest absolute Gasteiger partial charge is 0.354 e. The van der Waals surface area contributed by atoms with Gasteiger partial charge in [0.05, 0.1) is 6.04 Å². The molecule has 3 unspecified atom stereocenters. The Morgan fingerprint density at radius 1 is 1.23 bits per heavy atom. The molecule has 3 aliphatic rings. The summed E-state index contributed by atoms with van der Waals surface area (Å²) in [4.78, 5) is 40.9. The summed E-state index contributed by atoms with van der Waals surface area (Å²) in [6, 6.07) is -0.372. The van der Waals surface area contributed by atoms with Crippen LogP contribution in [-0.2, 0) is 14.4 Å². The highest BCUT2D eigenvalue weighted by molar-refractivity contribution is 5.88. The minimum absolute atomic E-state index is 0.0537.